The smallest absolute Gasteiger partial charge is 0.0150 e. The fourth-order valence-corrected chi connectivity index (χ4v) is 2.05. The first kappa shape index (κ1) is 10.0. The van der Waals surface area contributed by atoms with Crippen molar-refractivity contribution in [1.82, 2.24) is 5.32 Å². The van der Waals surface area contributed by atoms with Crippen LogP contribution in [0.15, 0.2) is 0 Å². The Labute approximate surface area is 75.9 Å². The van der Waals surface area contributed by atoms with Crippen LogP contribution in [-0.4, -0.2) is 18.6 Å². The molecule has 2 heteroatoms. The Balaban J connectivity index is 2.44. The number of rotatable bonds is 2. The van der Waals surface area contributed by atoms with Crippen molar-refractivity contribution in [1.29, 1.82) is 0 Å². The van der Waals surface area contributed by atoms with Crippen molar-refractivity contribution >= 4 is 0 Å². The first-order valence-electron chi connectivity index (χ1n) is 5.01. The van der Waals surface area contributed by atoms with Gasteiger partial charge in [-0.25, -0.2) is 0 Å². The Morgan fingerprint density at radius 3 is 2.08 bits per heavy atom. The zero-order valence-corrected chi connectivity index (χ0v) is 8.56. The molecule has 0 bridgehead atoms. The Morgan fingerprint density at radius 1 is 1.17 bits per heavy atom. The fourth-order valence-electron chi connectivity index (χ4n) is 2.05. The molecular weight excluding hydrogens is 148 g/mol. The Hall–Kier alpha value is -0.0800. The van der Waals surface area contributed by atoms with Gasteiger partial charge in [0.15, 0.2) is 0 Å². The molecule has 0 aliphatic heterocycles. The van der Waals surface area contributed by atoms with Crippen molar-refractivity contribution in [3.63, 3.8) is 0 Å². The SMILES string of the molecule is CNC(C)(C)C1CCC(N)CC1. The van der Waals surface area contributed by atoms with Gasteiger partial charge in [0.2, 0.25) is 0 Å². The molecule has 0 saturated heterocycles. The molecule has 0 aromatic carbocycles. The van der Waals surface area contributed by atoms with Gasteiger partial charge in [-0.2, -0.15) is 0 Å². The molecular formula is C10H22N2. The van der Waals surface area contributed by atoms with Crippen LogP contribution >= 0.6 is 0 Å². The molecule has 1 aliphatic carbocycles. The number of hydrogen-bond donors (Lipinski definition) is 2. The normalized spacial score (nSPS) is 32.0. The van der Waals surface area contributed by atoms with E-state index in [1.54, 1.807) is 0 Å². The molecule has 1 aliphatic rings. The van der Waals surface area contributed by atoms with Crippen LogP contribution in [0, 0.1) is 5.92 Å². The van der Waals surface area contributed by atoms with Gasteiger partial charge in [0.05, 0.1) is 0 Å². The molecule has 1 rings (SSSR count). The van der Waals surface area contributed by atoms with E-state index in [4.69, 9.17) is 5.73 Å². The highest BCUT2D eigenvalue weighted by Crippen LogP contribution is 2.31. The zero-order valence-electron chi connectivity index (χ0n) is 8.56. The van der Waals surface area contributed by atoms with Gasteiger partial charge in [-0.15, -0.1) is 0 Å². The van der Waals surface area contributed by atoms with Crippen LogP contribution in [0.1, 0.15) is 39.5 Å². The maximum Gasteiger partial charge on any atom is 0.0150 e. The van der Waals surface area contributed by atoms with E-state index in [0.29, 0.717) is 11.6 Å². The predicted octanol–water partition coefficient (Wildman–Crippen LogP) is 1.50. The third-order valence-corrected chi connectivity index (χ3v) is 3.44. The maximum absolute atomic E-state index is 5.86. The van der Waals surface area contributed by atoms with E-state index in [9.17, 15) is 0 Å². The highest BCUT2D eigenvalue weighted by Gasteiger charge is 2.30. The molecule has 0 unspecified atom stereocenters. The minimum atomic E-state index is 0.292. The molecule has 2 nitrogen and oxygen atoms in total. The van der Waals surface area contributed by atoms with Crippen molar-refractivity contribution in [3.8, 4) is 0 Å². The van der Waals surface area contributed by atoms with Gasteiger partial charge in [-0.3, -0.25) is 0 Å². The zero-order chi connectivity index (χ0) is 9.19. The first-order valence-corrected chi connectivity index (χ1v) is 5.01. The van der Waals surface area contributed by atoms with E-state index in [-0.39, 0.29) is 0 Å². The van der Waals surface area contributed by atoms with Crippen LogP contribution in [0.3, 0.4) is 0 Å². The average molecular weight is 170 g/mol. The number of hydrogen-bond acceptors (Lipinski definition) is 2. The molecule has 12 heavy (non-hydrogen) atoms. The summed E-state index contributed by atoms with van der Waals surface area (Å²) in [4.78, 5) is 0. The van der Waals surface area contributed by atoms with Gasteiger partial charge < -0.3 is 11.1 Å². The quantitative estimate of drug-likeness (QED) is 0.659. The summed E-state index contributed by atoms with van der Waals surface area (Å²) in [6, 6.07) is 0.467. The second kappa shape index (κ2) is 3.75. The molecule has 0 amide bonds. The molecule has 72 valence electrons. The average Bonchev–Trinajstić information content (AvgIpc) is 2.05. The summed E-state index contributed by atoms with van der Waals surface area (Å²) in [6.45, 7) is 4.57. The lowest BCUT2D eigenvalue weighted by atomic mass is 9.75. The van der Waals surface area contributed by atoms with Crippen molar-refractivity contribution < 1.29 is 0 Å². The summed E-state index contributed by atoms with van der Waals surface area (Å²) >= 11 is 0. The summed E-state index contributed by atoms with van der Waals surface area (Å²) in [5.74, 6) is 0.808. The predicted molar refractivity (Wildman–Crippen MR) is 53.1 cm³/mol. The molecule has 0 aromatic heterocycles. The van der Waals surface area contributed by atoms with E-state index in [2.05, 4.69) is 26.2 Å². The Morgan fingerprint density at radius 2 is 1.67 bits per heavy atom. The van der Waals surface area contributed by atoms with E-state index in [0.717, 1.165) is 5.92 Å². The summed E-state index contributed by atoms with van der Waals surface area (Å²) in [5, 5.41) is 3.39. The summed E-state index contributed by atoms with van der Waals surface area (Å²) in [6.07, 6.45) is 4.98. The van der Waals surface area contributed by atoms with Crippen molar-refractivity contribution in [2.75, 3.05) is 7.05 Å². The lowest BCUT2D eigenvalue weighted by Gasteiger charge is -2.38. The van der Waals surface area contributed by atoms with E-state index < -0.39 is 0 Å². The van der Waals surface area contributed by atoms with Crippen LogP contribution < -0.4 is 11.1 Å². The second-order valence-electron chi connectivity index (χ2n) is 4.58. The first-order chi connectivity index (χ1) is 5.56. The van der Waals surface area contributed by atoms with Crippen LogP contribution in [0.5, 0.6) is 0 Å². The molecule has 0 atom stereocenters. The standard InChI is InChI=1S/C10H22N2/c1-10(2,12-3)8-4-6-9(11)7-5-8/h8-9,12H,4-7,11H2,1-3H3. The molecule has 0 aromatic rings. The molecule has 0 spiro atoms. The van der Waals surface area contributed by atoms with E-state index in [1.807, 2.05) is 0 Å². The minimum absolute atomic E-state index is 0.292. The Kier molecular flexibility index (Phi) is 3.13. The fraction of sp³-hybridized carbons (Fsp3) is 1.00. The van der Waals surface area contributed by atoms with E-state index >= 15 is 0 Å². The second-order valence-corrected chi connectivity index (χ2v) is 4.58. The van der Waals surface area contributed by atoms with Gasteiger partial charge in [0.1, 0.15) is 0 Å². The number of nitrogens with two attached hydrogens (primary N) is 1. The molecule has 0 radical (unpaired) electrons. The third kappa shape index (κ3) is 2.20. The van der Waals surface area contributed by atoms with Crippen LogP contribution in [0.2, 0.25) is 0 Å². The lowest BCUT2D eigenvalue weighted by molar-refractivity contribution is 0.195. The Bertz CT molecular complexity index is 135. The van der Waals surface area contributed by atoms with Gasteiger partial charge in [-0.05, 0) is 52.5 Å². The number of nitrogens with one attached hydrogen (secondary N) is 1. The van der Waals surface area contributed by atoms with Crippen molar-refractivity contribution in [2.45, 2.75) is 51.1 Å². The minimum Gasteiger partial charge on any atom is -0.328 e. The van der Waals surface area contributed by atoms with Gasteiger partial charge in [0, 0.05) is 11.6 Å². The van der Waals surface area contributed by atoms with E-state index in [1.165, 1.54) is 25.7 Å². The van der Waals surface area contributed by atoms with Crippen molar-refractivity contribution in [2.24, 2.45) is 11.7 Å². The summed E-state index contributed by atoms with van der Waals surface area (Å²) in [5.41, 5.74) is 6.15. The van der Waals surface area contributed by atoms with Gasteiger partial charge >= 0.3 is 0 Å². The largest absolute Gasteiger partial charge is 0.328 e. The topological polar surface area (TPSA) is 38.0 Å². The summed E-state index contributed by atoms with van der Waals surface area (Å²) in [7, 11) is 2.05. The molecule has 1 saturated carbocycles. The third-order valence-electron chi connectivity index (χ3n) is 3.44. The lowest BCUT2D eigenvalue weighted by Crippen LogP contribution is -2.46. The van der Waals surface area contributed by atoms with Crippen LogP contribution in [0.4, 0.5) is 0 Å². The van der Waals surface area contributed by atoms with Crippen molar-refractivity contribution in [3.05, 3.63) is 0 Å². The van der Waals surface area contributed by atoms with Crippen LogP contribution in [-0.2, 0) is 0 Å². The highest BCUT2D eigenvalue weighted by atomic mass is 14.9. The van der Waals surface area contributed by atoms with Gasteiger partial charge in [-0.1, -0.05) is 0 Å². The molecule has 3 N–H and O–H groups in total. The summed E-state index contributed by atoms with van der Waals surface area (Å²) < 4.78 is 0. The maximum atomic E-state index is 5.86. The monoisotopic (exact) mass is 170 g/mol. The van der Waals surface area contributed by atoms with Crippen LogP contribution in [0.25, 0.3) is 0 Å². The molecule has 1 fully saturated rings. The molecule has 0 heterocycles. The van der Waals surface area contributed by atoms with Gasteiger partial charge in [0.25, 0.3) is 0 Å². The highest BCUT2D eigenvalue weighted by molar-refractivity contribution is 4.88.